The van der Waals surface area contributed by atoms with Crippen LogP contribution in [0.15, 0.2) is 48.5 Å². The van der Waals surface area contributed by atoms with Crippen LogP contribution < -0.4 is 15.4 Å². The summed E-state index contributed by atoms with van der Waals surface area (Å²) in [5, 5.41) is 109. The van der Waals surface area contributed by atoms with Gasteiger partial charge in [-0.2, -0.15) is 0 Å². The first-order valence-electron chi connectivity index (χ1n) is 25.9. The fraction of sp³-hybridized carbons (Fsp3) is 0.673. The molecule has 15 atom stereocenters. The molecule has 6 unspecified atom stereocenters. The molecular weight excluding hydrogens is 1000 g/mol. The monoisotopic (exact) mass is 1080 g/mol. The van der Waals surface area contributed by atoms with Crippen molar-refractivity contribution in [3.05, 3.63) is 54.1 Å². The number of amides is 2. The van der Waals surface area contributed by atoms with E-state index in [1.807, 2.05) is 18.2 Å². The van der Waals surface area contributed by atoms with E-state index in [-0.39, 0.29) is 49.2 Å². The maximum atomic E-state index is 12.5. The molecule has 3 heterocycles. The number of ketones is 2. The van der Waals surface area contributed by atoms with Crippen molar-refractivity contribution in [3.8, 4) is 16.9 Å². The van der Waals surface area contributed by atoms with E-state index >= 15 is 0 Å². The number of carboxylic acids is 1. The minimum absolute atomic E-state index is 0.0164. The lowest BCUT2D eigenvalue weighted by Crippen LogP contribution is -2.68. The van der Waals surface area contributed by atoms with Crippen molar-refractivity contribution in [1.82, 2.24) is 10.6 Å². The van der Waals surface area contributed by atoms with Crippen molar-refractivity contribution >= 4 is 29.4 Å². The molecule has 3 saturated heterocycles. The van der Waals surface area contributed by atoms with Gasteiger partial charge in [0.05, 0.1) is 32.0 Å². The number of hydrogen-bond donors (Lipinski definition) is 12. The molecule has 76 heavy (non-hydrogen) atoms. The molecule has 426 valence electrons. The Morgan fingerprint density at radius 3 is 1.74 bits per heavy atom. The van der Waals surface area contributed by atoms with Crippen LogP contribution in [0.1, 0.15) is 101 Å². The Balaban J connectivity index is 0.915. The molecule has 24 nitrogen and oxygen atoms in total. The maximum Gasteiger partial charge on any atom is 0.335 e. The third-order valence-electron chi connectivity index (χ3n) is 13.4. The zero-order chi connectivity index (χ0) is 55.3. The van der Waals surface area contributed by atoms with Gasteiger partial charge in [0.1, 0.15) is 91.3 Å². The van der Waals surface area contributed by atoms with E-state index in [1.165, 1.54) is 13.0 Å². The fourth-order valence-electron chi connectivity index (χ4n) is 9.07. The summed E-state index contributed by atoms with van der Waals surface area (Å²) in [6.07, 6.45) is -15.5. The summed E-state index contributed by atoms with van der Waals surface area (Å²) in [6, 6.07) is 12.4. The van der Waals surface area contributed by atoms with Crippen LogP contribution in [-0.2, 0) is 47.6 Å². The number of carbonyl (C=O) groups is 5. The number of aliphatic hydroxyl groups is 9. The van der Waals surface area contributed by atoms with Gasteiger partial charge in [-0.25, -0.2) is 4.79 Å². The molecule has 3 fully saturated rings. The van der Waals surface area contributed by atoms with Crippen molar-refractivity contribution in [2.45, 2.75) is 182 Å². The van der Waals surface area contributed by atoms with Gasteiger partial charge in [-0.3, -0.25) is 19.2 Å². The zero-order valence-corrected chi connectivity index (χ0v) is 42.6. The van der Waals surface area contributed by atoms with E-state index in [1.54, 1.807) is 24.3 Å². The molecule has 2 aromatic carbocycles. The highest BCUT2D eigenvalue weighted by Crippen LogP contribution is 2.33. The number of hydrogen-bond acceptors (Lipinski definition) is 21. The minimum Gasteiger partial charge on any atom is -0.486 e. The highest BCUT2D eigenvalue weighted by Gasteiger charge is 2.54. The van der Waals surface area contributed by atoms with Gasteiger partial charge in [0.25, 0.3) is 0 Å². The molecular formula is C52H76N2O22. The number of Topliss-reactive ketones (excluding diaryl/α,β-unsaturated/α-hetero) is 2. The number of carbonyl (C=O) groups excluding carboxylic acids is 4. The van der Waals surface area contributed by atoms with Gasteiger partial charge in [0.15, 0.2) is 24.7 Å². The Bertz CT molecular complexity index is 2110. The van der Waals surface area contributed by atoms with Crippen LogP contribution in [0, 0.1) is 0 Å². The highest BCUT2D eigenvalue weighted by atomic mass is 16.8. The van der Waals surface area contributed by atoms with Crippen molar-refractivity contribution in [2.75, 3.05) is 39.6 Å². The second kappa shape index (κ2) is 31.7. The summed E-state index contributed by atoms with van der Waals surface area (Å²) in [6.45, 7) is -1.09. The topological polar surface area (TPSA) is 376 Å². The number of rotatable bonds is 32. The average Bonchev–Trinajstić information content (AvgIpc) is 3.41. The quantitative estimate of drug-likeness (QED) is 0.0406. The van der Waals surface area contributed by atoms with E-state index in [9.17, 15) is 75.0 Å². The van der Waals surface area contributed by atoms with Crippen LogP contribution in [0.25, 0.3) is 11.1 Å². The van der Waals surface area contributed by atoms with E-state index < -0.39 is 124 Å². The van der Waals surface area contributed by atoms with Crippen molar-refractivity contribution in [1.29, 1.82) is 0 Å². The number of unbranched alkanes of at least 4 members (excludes halogenated alkanes) is 6. The molecule has 3 aliphatic heterocycles. The number of ether oxygens (including phenoxy) is 7. The molecule has 0 saturated carbocycles. The molecule has 2 amide bonds. The van der Waals surface area contributed by atoms with Crippen LogP contribution >= 0.6 is 0 Å². The zero-order valence-electron chi connectivity index (χ0n) is 42.6. The predicted molar refractivity (Wildman–Crippen MR) is 264 cm³/mol. The van der Waals surface area contributed by atoms with Gasteiger partial charge in [0, 0.05) is 39.2 Å². The molecule has 12 N–H and O–H groups in total. The highest BCUT2D eigenvalue weighted by molar-refractivity contribution is 5.89. The van der Waals surface area contributed by atoms with Crippen LogP contribution in [-0.4, -0.2) is 212 Å². The van der Waals surface area contributed by atoms with E-state index in [2.05, 4.69) is 10.6 Å². The van der Waals surface area contributed by atoms with Crippen molar-refractivity contribution in [2.24, 2.45) is 0 Å². The Hall–Kier alpha value is -4.61. The maximum absolute atomic E-state index is 12.5. The fourth-order valence-corrected chi connectivity index (χ4v) is 9.07. The lowest BCUT2D eigenvalue weighted by molar-refractivity contribution is -0.376. The van der Waals surface area contributed by atoms with Crippen LogP contribution in [0.2, 0.25) is 0 Å². The van der Waals surface area contributed by atoms with Gasteiger partial charge >= 0.3 is 5.97 Å². The first-order chi connectivity index (χ1) is 36.4. The Labute approximate surface area is 440 Å². The van der Waals surface area contributed by atoms with Crippen molar-refractivity contribution in [3.63, 3.8) is 0 Å². The van der Waals surface area contributed by atoms with Crippen LogP contribution in [0.4, 0.5) is 0 Å². The summed E-state index contributed by atoms with van der Waals surface area (Å²) in [5.41, 5.74) is 1.79. The number of nitrogens with one attached hydrogen (secondary N) is 2. The lowest BCUT2D eigenvalue weighted by atomic mass is 9.95. The smallest absolute Gasteiger partial charge is 0.335 e. The minimum atomic E-state index is -1.96. The van der Waals surface area contributed by atoms with Gasteiger partial charge in [0.2, 0.25) is 11.8 Å². The third-order valence-corrected chi connectivity index (χ3v) is 13.4. The van der Waals surface area contributed by atoms with Crippen LogP contribution in [0.5, 0.6) is 5.75 Å². The number of benzene rings is 2. The first-order valence-corrected chi connectivity index (χ1v) is 25.9. The van der Waals surface area contributed by atoms with E-state index in [4.69, 9.17) is 33.2 Å². The Morgan fingerprint density at radius 1 is 0.566 bits per heavy atom. The molecule has 0 aromatic heterocycles. The van der Waals surface area contributed by atoms with E-state index in [0.29, 0.717) is 44.3 Å². The Kier molecular flexibility index (Phi) is 26.0. The SMILES string of the molecule is CC(=O)NC1[C@H](OCCCNC(=O)CCCCCCC(=O)CCCCCCC(=O)COc2ccc(-c3cccc(C(=O)O)c3)cc2)OC(CO)[C@@H](O[C@@H]2OC(CO)[C@H](O)[C@H](O[C@H]3OC(CO)[C@H](O)[C@H](O)C3O)C2O)[C@@H]1O. The Morgan fingerprint density at radius 2 is 1.13 bits per heavy atom. The molecule has 24 heteroatoms. The summed E-state index contributed by atoms with van der Waals surface area (Å²) in [5.74, 6) is -1.06. The van der Waals surface area contributed by atoms with Gasteiger partial charge in [-0.1, -0.05) is 49.9 Å². The average molecular weight is 1080 g/mol. The second-order valence-electron chi connectivity index (χ2n) is 19.2. The number of aliphatic hydroxyl groups excluding tert-OH is 9. The van der Waals surface area contributed by atoms with Gasteiger partial charge < -0.3 is 94.9 Å². The molecule has 5 rings (SSSR count). The molecule has 0 bridgehead atoms. The first kappa shape index (κ1) is 62.2. The standard InChI is InChI=1S/C52H76N2O22/c1-29(58)54-40-43(64)47(75-52-46(67)48(42(63)37(26-56)73-52)76-51-45(66)44(65)41(62)36(25-55)72-51)38(27-57)74-50(40)70-23-11-22-53-39(61)17-9-5-4-7-15-33(59)14-6-2-3-8-16-34(60)28-71-35-20-18-30(19-21-35)31-12-10-13-32(24-31)49(68)69/h10,12-13,18-21,24,36-38,40-48,50-52,55-57,62-67H,2-9,11,14-17,22-23,25-28H2,1H3,(H,53,61)(H,54,58)(H,68,69)/t36?,37?,38?,40?,41-,42-,43+,44-,45?,46?,47+,48-,50+,51+,52-/m0/s1. The number of aromatic carboxylic acids is 1. The summed E-state index contributed by atoms with van der Waals surface area (Å²) >= 11 is 0. The molecule has 0 spiro atoms. The van der Waals surface area contributed by atoms with Gasteiger partial charge in [-0.05, 0) is 67.5 Å². The van der Waals surface area contributed by atoms with Gasteiger partial charge in [-0.15, -0.1) is 0 Å². The van der Waals surface area contributed by atoms with E-state index in [0.717, 1.165) is 49.7 Å². The molecule has 0 radical (unpaired) electrons. The molecule has 2 aromatic rings. The van der Waals surface area contributed by atoms with Crippen molar-refractivity contribution < 1.29 is 108 Å². The van der Waals surface area contributed by atoms with Crippen LogP contribution in [0.3, 0.4) is 0 Å². The summed E-state index contributed by atoms with van der Waals surface area (Å²) in [4.78, 5) is 60.8. The molecule has 0 aliphatic carbocycles. The predicted octanol–water partition coefficient (Wildman–Crippen LogP) is -0.635. The number of carboxylic acid groups (broad SMARTS) is 1. The summed E-state index contributed by atoms with van der Waals surface area (Å²) in [7, 11) is 0. The summed E-state index contributed by atoms with van der Waals surface area (Å²) < 4.78 is 39.8. The second-order valence-corrected chi connectivity index (χ2v) is 19.2. The largest absolute Gasteiger partial charge is 0.486 e. The lowest BCUT2D eigenvalue weighted by Gasteiger charge is -2.48. The third kappa shape index (κ3) is 18.5. The molecule has 3 aliphatic rings. The normalized spacial score (nSPS) is 29.6.